The van der Waals surface area contributed by atoms with E-state index < -0.39 is 0 Å². The van der Waals surface area contributed by atoms with Gasteiger partial charge >= 0.3 is 0 Å². The first-order valence-corrected chi connectivity index (χ1v) is 5.53. The molecule has 1 heterocycles. The lowest BCUT2D eigenvalue weighted by molar-refractivity contribution is 0.876. The Bertz CT molecular complexity index is 503. The number of rotatable bonds is 1. The first-order chi connectivity index (χ1) is 7.09. The number of aryl methyl sites for hydroxylation is 1. The quantitative estimate of drug-likeness (QED) is 0.651. The highest BCUT2D eigenvalue weighted by atomic mass is 35.5. The summed E-state index contributed by atoms with van der Waals surface area (Å²) in [5.41, 5.74) is 2.31. The largest absolute Gasteiger partial charge is 0.241 e. The molecule has 0 aliphatic rings. The molecule has 78 valence electrons. The van der Waals surface area contributed by atoms with Crippen LogP contribution >= 0.6 is 11.6 Å². The number of fused-ring (bicyclic) bond motifs is 1. The zero-order valence-corrected chi connectivity index (χ0v) is 9.97. The van der Waals surface area contributed by atoms with E-state index in [1.54, 1.807) is 0 Å². The second kappa shape index (κ2) is 3.82. The van der Waals surface area contributed by atoms with Crippen LogP contribution in [0.5, 0.6) is 0 Å². The van der Waals surface area contributed by atoms with E-state index in [0.29, 0.717) is 11.1 Å². The monoisotopic (exact) mass is 219 g/mol. The molecule has 1 aromatic carbocycles. The zero-order valence-electron chi connectivity index (χ0n) is 9.21. The predicted molar refractivity (Wildman–Crippen MR) is 65.6 cm³/mol. The fourth-order valence-electron chi connectivity index (χ4n) is 1.88. The lowest BCUT2D eigenvalue weighted by Gasteiger charge is -2.11. The van der Waals surface area contributed by atoms with Crippen molar-refractivity contribution in [1.82, 2.24) is 4.98 Å². The van der Waals surface area contributed by atoms with Gasteiger partial charge < -0.3 is 0 Å². The summed E-state index contributed by atoms with van der Waals surface area (Å²) >= 11 is 6.13. The normalized spacial score (nSPS) is 11.3. The van der Waals surface area contributed by atoms with Crippen LogP contribution < -0.4 is 0 Å². The molecule has 2 aromatic rings. The van der Waals surface area contributed by atoms with Crippen LogP contribution in [0.3, 0.4) is 0 Å². The minimum atomic E-state index is 0.506. The molecule has 15 heavy (non-hydrogen) atoms. The molecule has 0 N–H and O–H groups in total. The Morgan fingerprint density at radius 3 is 2.60 bits per heavy atom. The Balaban J connectivity index is 2.85. The molecule has 1 aromatic heterocycles. The first kappa shape index (κ1) is 10.4. The fraction of sp³-hybridized carbons (Fsp3) is 0.308. The second-order valence-electron chi connectivity index (χ2n) is 4.15. The Kier molecular flexibility index (Phi) is 2.66. The first-order valence-electron chi connectivity index (χ1n) is 5.15. The van der Waals surface area contributed by atoms with E-state index in [0.717, 1.165) is 11.1 Å². The maximum atomic E-state index is 6.13. The molecule has 1 nitrogen and oxygen atoms in total. The number of pyridine rings is 1. The van der Waals surface area contributed by atoms with Crippen LogP contribution in [0.15, 0.2) is 24.3 Å². The molecule has 0 bridgehead atoms. The second-order valence-corrected chi connectivity index (χ2v) is 4.51. The predicted octanol–water partition coefficient (Wildman–Crippen LogP) is 4.32. The van der Waals surface area contributed by atoms with Crippen LogP contribution in [0.25, 0.3) is 10.8 Å². The van der Waals surface area contributed by atoms with Gasteiger partial charge in [-0.2, -0.15) is 0 Å². The Labute approximate surface area is 95.1 Å². The van der Waals surface area contributed by atoms with E-state index in [4.69, 9.17) is 11.6 Å². The van der Waals surface area contributed by atoms with Crippen molar-refractivity contribution < 1.29 is 0 Å². The molecule has 2 heteroatoms. The molecular formula is C13H14ClN. The average Bonchev–Trinajstić information content (AvgIpc) is 2.16. The number of nitrogens with zero attached hydrogens (tertiary/aromatic N) is 1. The lowest BCUT2D eigenvalue weighted by Crippen LogP contribution is -1.92. The van der Waals surface area contributed by atoms with Crippen LogP contribution in [0.2, 0.25) is 5.15 Å². The maximum absolute atomic E-state index is 6.13. The number of benzene rings is 1. The molecule has 0 aliphatic heterocycles. The van der Waals surface area contributed by atoms with Gasteiger partial charge in [0.25, 0.3) is 0 Å². The summed E-state index contributed by atoms with van der Waals surface area (Å²) in [7, 11) is 0. The van der Waals surface area contributed by atoms with Gasteiger partial charge in [0.05, 0.1) is 0 Å². The summed E-state index contributed by atoms with van der Waals surface area (Å²) in [4.78, 5) is 4.27. The van der Waals surface area contributed by atoms with E-state index in [9.17, 15) is 0 Å². The van der Waals surface area contributed by atoms with E-state index in [-0.39, 0.29) is 0 Å². The number of aromatic nitrogens is 1. The van der Waals surface area contributed by atoms with Crippen molar-refractivity contribution >= 4 is 22.4 Å². The SMILES string of the molecule is Cc1cc2c(C(C)C)cccc2c(Cl)n1. The summed E-state index contributed by atoms with van der Waals surface area (Å²) in [6.45, 7) is 6.36. The maximum Gasteiger partial charge on any atom is 0.137 e. The highest BCUT2D eigenvalue weighted by Crippen LogP contribution is 2.29. The van der Waals surface area contributed by atoms with Gasteiger partial charge in [-0.3, -0.25) is 0 Å². The molecule has 0 spiro atoms. The summed E-state index contributed by atoms with van der Waals surface area (Å²) in [5.74, 6) is 0.506. The van der Waals surface area contributed by atoms with Crippen LogP contribution in [-0.2, 0) is 0 Å². The molecule has 0 radical (unpaired) electrons. The Morgan fingerprint density at radius 1 is 1.20 bits per heavy atom. The van der Waals surface area contributed by atoms with Gasteiger partial charge in [0.15, 0.2) is 0 Å². The standard InChI is InChI=1S/C13H14ClN/c1-8(2)10-5-4-6-11-12(10)7-9(3)15-13(11)14/h4-8H,1-3H3. The van der Waals surface area contributed by atoms with Gasteiger partial charge in [0.1, 0.15) is 5.15 Å². The van der Waals surface area contributed by atoms with E-state index in [1.807, 2.05) is 19.1 Å². The van der Waals surface area contributed by atoms with Gasteiger partial charge in [0, 0.05) is 11.1 Å². The molecule has 0 saturated carbocycles. The van der Waals surface area contributed by atoms with E-state index in [2.05, 4.69) is 31.0 Å². The number of hydrogen-bond donors (Lipinski definition) is 0. The number of hydrogen-bond acceptors (Lipinski definition) is 1. The third-order valence-electron chi connectivity index (χ3n) is 2.61. The molecule has 0 amide bonds. The van der Waals surface area contributed by atoms with Crippen molar-refractivity contribution in [3.63, 3.8) is 0 Å². The molecule has 0 unspecified atom stereocenters. The molecular weight excluding hydrogens is 206 g/mol. The van der Waals surface area contributed by atoms with Crippen LogP contribution in [0, 0.1) is 6.92 Å². The van der Waals surface area contributed by atoms with E-state index >= 15 is 0 Å². The van der Waals surface area contributed by atoms with Crippen molar-refractivity contribution in [2.24, 2.45) is 0 Å². The van der Waals surface area contributed by atoms with Gasteiger partial charge in [-0.05, 0) is 29.9 Å². The number of halogens is 1. The summed E-state index contributed by atoms with van der Waals surface area (Å²) in [6, 6.07) is 8.33. The Hall–Kier alpha value is -1.08. The summed E-state index contributed by atoms with van der Waals surface area (Å²) in [6.07, 6.45) is 0. The fourth-order valence-corrected chi connectivity index (χ4v) is 2.18. The summed E-state index contributed by atoms with van der Waals surface area (Å²) < 4.78 is 0. The smallest absolute Gasteiger partial charge is 0.137 e. The van der Waals surface area contributed by atoms with Crippen molar-refractivity contribution in [3.05, 3.63) is 40.7 Å². The third-order valence-corrected chi connectivity index (χ3v) is 2.90. The van der Waals surface area contributed by atoms with Gasteiger partial charge in [-0.1, -0.05) is 43.6 Å². The molecule has 0 fully saturated rings. The van der Waals surface area contributed by atoms with E-state index in [1.165, 1.54) is 10.9 Å². The third kappa shape index (κ3) is 1.84. The van der Waals surface area contributed by atoms with Crippen molar-refractivity contribution in [2.45, 2.75) is 26.7 Å². The van der Waals surface area contributed by atoms with Gasteiger partial charge in [-0.25, -0.2) is 4.98 Å². The van der Waals surface area contributed by atoms with Crippen LogP contribution in [-0.4, -0.2) is 4.98 Å². The highest BCUT2D eigenvalue weighted by Gasteiger charge is 2.08. The molecule has 2 rings (SSSR count). The van der Waals surface area contributed by atoms with Crippen LogP contribution in [0.1, 0.15) is 31.0 Å². The highest BCUT2D eigenvalue weighted by molar-refractivity contribution is 6.34. The van der Waals surface area contributed by atoms with Crippen molar-refractivity contribution in [3.8, 4) is 0 Å². The van der Waals surface area contributed by atoms with Crippen molar-refractivity contribution in [2.75, 3.05) is 0 Å². The molecule has 0 atom stereocenters. The van der Waals surface area contributed by atoms with Gasteiger partial charge in [0.2, 0.25) is 0 Å². The molecule has 0 saturated heterocycles. The minimum Gasteiger partial charge on any atom is -0.241 e. The summed E-state index contributed by atoms with van der Waals surface area (Å²) in [5, 5.41) is 2.88. The van der Waals surface area contributed by atoms with Crippen LogP contribution in [0.4, 0.5) is 0 Å². The molecule has 0 aliphatic carbocycles. The lowest BCUT2D eigenvalue weighted by atomic mass is 9.97. The zero-order chi connectivity index (χ0) is 11.0. The topological polar surface area (TPSA) is 12.9 Å². The van der Waals surface area contributed by atoms with Gasteiger partial charge in [-0.15, -0.1) is 0 Å². The van der Waals surface area contributed by atoms with Crippen molar-refractivity contribution in [1.29, 1.82) is 0 Å². The Morgan fingerprint density at radius 2 is 1.93 bits per heavy atom. The minimum absolute atomic E-state index is 0.506. The average molecular weight is 220 g/mol.